The highest BCUT2D eigenvalue weighted by atomic mass is 15.2. The van der Waals surface area contributed by atoms with E-state index >= 15 is 0 Å². The van der Waals surface area contributed by atoms with E-state index in [-0.39, 0.29) is 0 Å². The molecule has 0 saturated carbocycles. The van der Waals surface area contributed by atoms with E-state index in [0.29, 0.717) is 5.56 Å². The molecule has 6 heteroatoms. The van der Waals surface area contributed by atoms with Crippen molar-refractivity contribution in [2.24, 2.45) is 0 Å². The SMILES string of the molecule is N#Cc1ccc(-n2c3ccccc3n(-c3ccccc3)c3cccc4c3n(c3ccccc32)c2nc3ccccc3n42)cc1. The zero-order valence-electron chi connectivity index (χ0n) is 23.5. The number of nitriles is 1. The minimum atomic E-state index is 0.621. The summed E-state index contributed by atoms with van der Waals surface area (Å²) in [5.41, 5.74) is 11.9. The monoisotopic (exact) mass is 564 g/mol. The van der Waals surface area contributed by atoms with Gasteiger partial charge in [0.1, 0.15) is 0 Å². The van der Waals surface area contributed by atoms with Crippen molar-refractivity contribution in [3.8, 4) is 17.4 Å². The Balaban J connectivity index is 1.68. The average Bonchev–Trinajstić information content (AvgIpc) is 3.63. The molecule has 0 aliphatic carbocycles. The number of para-hydroxylation sites is 8. The molecule has 0 spiro atoms. The van der Waals surface area contributed by atoms with Gasteiger partial charge in [-0.3, -0.25) is 8.80 Å². The molecule has 206 valence electrons. The maximum absolute atomic E-state index is 9.57. The molecular formula is C38H24N6. The summed E-state index contributed by atoms with van der Waals surface area (Å²) in [5, 5.41) is 9.57. The Labute approximate surface area is 251 Å². The predicted molar refractivity (Wildman–Crippen MR) is 177 cm³/mol. The van der Waals surface area contributed by atoms with Gasteiger partial charge in [-0.15, -0.1) is 0 Å². The molecule has 0 atom stereocenters. The lowest BCUT2D eigenvalue weighted by Gasteiger charge is -2.16. The molecule has 0 radical (unpaired) electrons. The molecule has 3 aromatic heterocycles. The van der Waals surface area contributed by atoms with E-state index in [2.05, 4.69) is 133 Å². The number of benzene rings is 6. The van der Waals surface area contributed by atoms with Crippen molar-refractivity contribution in [1.82, 2.24) is 22.9 Å². The largest absolute Gasteiger partial charge is 0.306 e. The van der Waals surface area contributed by atoms with Gasteiger partial charge >= 0.3 is 0 Å². The van der Waals surface area contributed by atoms with Gasteiger partial charge in [-0.2, -0.15) is 5.26 Å². The second-order valence-corrected chi connectivity index (χ2v) is 10.9. The fourth-order valence-electron chi connectivity index (χ4n) is 6.60. The van der Waals surface area contributed by atoms with Gasteiger partial charge in [-0.1, -0.05) is 60.7 Å². The highest BCUT2D eigenvalue weighted by molar-refractivity contribution is 6.03. The number of nitrogens with zero attached hydrogens (tertiary/aromatic N) is 6. The molecule has 0 aliphatic heterocycles. The smallest absolute Gasteiger partial charge is 0.220 e. The number of imidazole rings is 2. The Morgan fingerprint density at radius 1 is 0.432 bits per heavy atom. The zero-order valence-corrected chi connectivity index (χ0v) is 23.5. The number of aromatic nitrogens is 5. The van der Waals surface area contributed by atoms with Gasteiger partial charge in [0.05, 0.1) is 61.3 Å². The molecular weight excluding hydrogens is 540 g/mol. The summed E-state index contributed by atoms with van der Waals surface area (Å²) < 4.78 is 9.21. The van der Waals surface area contributed by atoms with E-state index in [4.69, 9.17) is 4.98 Å². The fraction of sp³-hybridized carbons (Fsp3) is 0. The molecule has 9 aromatic rings. The lowest BCUT2D eigenvalue weighted by Crippen LogP contribution is -2.02. The first-order chi connectivity index (χ1) is 21.8. The topological polar surface area (TPSA) is 55.4 Å². The van der Waals surface area contributed by atoms with Gasteiger partial charge in [0, 0.05) is 11.4 Å². The minimum absolute atomic E-state index is 0.621. The molecule has 0 unspecified atom stereocenters. The van der Waals surface area contributed by atoms with E-state index in [1.165, 1.54) is 0 Å². The Kier molecular flexibility index (Phi) is 5.16. The summed E-state index contributed by atoms with van der Waals surface area (Å²) in [4.78, 5) is 5.22. The minimum Gasteiger partial charge on any atom is -0.306 e. The molecule has 6 aromatic carbocycles. The molecule has 3 heterocycles. The van der Waals surface area contributed by atoms with E-state index in [1.807, 2.05) is 36.4 Å². The molecule has 0 bridgehead atoms. The number of fused-ring (bicyclic) bond motifs is 8. The lowest BCUT2D eigenvalue weighted by molar-refractivity contribution is 1.13. The van der Waals surface area contributed by atoms with Gasteiger partial charge in [0.2, 0.25) is 5.78 Å². The van der Waals surface area contributed by atoms with Crippen molar-refractivity contribution in [2.45, 2.75) is 0 Å². The highest BCUT2D eigenvalue weighted by Crippen LogP contribution is 2.34. The summed E-state index contributed by atoms with van der Waals surface area (Å²) in [6.07, 6.45) is 0. The van der Waals surface area contributed by atoms with Crippen LogP contribution in [-0.4, -0.2) is 22.9 Å². The van der Waals surface area contributed by atoms with Crippen LogP contribution in [0.15, 0.2) is 146 Å². The van der Waals surface area contributed by atoms with Crippen molar-refractivity contribution in [3.63, 3.8) is 0 Å². The predicted octanol–water partition coefficient (Wildman–Crippen LogP) is 8.78. The number of hydrogen-bond acceptors (Lipinski definition) is 2. The van der Waals surface area contributed by atoms with Crippen LogP contribution < -0.4 is 0 Å². The standard InChI is InChI=1S/C38H24N6/c39-25-26-21-23-28(24-22-26)41-31-15-6-7-16-32(31)42(27-11-2-1-3-12-27)35-19-10-20-36-37(35)44(34-18-9-8-17-33(34)41)38-40-29-13-4-5-14-30(29)43(36)38/h1-24H. The summed E-state index contributed by atoms with van der Waals surface area (Å²) in [7, 11) is 0. The van der Waals surface area contributed by atoms with Crippen LogP contribution in [0.4, 0.5) is 0 Å². The van der Waals surface area contributed by atoms with Gasteiger partial charge in [0.25, 0.3) is 0 Å². The molecule has 0 saturated heterocycles. The van der Waals surface area contributed by atoms with Gasteiger partial charge < -0.3 is 9.13 Å². The number of rotatable bonds is 2. The molecule has 0 aliphatic rings. The van der Waals surface area contributed by atoms with Crippen molar-refractivity contribution in [3.05, 3.63) is 151 Å². The van der Waals surface area contributed by atoms with Crippen molar-refractivity contribution in [1.29, 1.82) is 5.26 Å². The Morgan fingerprint density at radius 2 is 0.955 bits per heavy atom. The maximum atomic E-state index is 9.57. The quantitative estimate of drug-likeness (QED) is 0.211. The first-order valence-corrected chi connectivity index (χ1v) is 14.6. The first-order valence-electron chi connectivity index (χ1n) is 14.6. The van der Waals surface area contributed by atoms with E-state index in [1.54, 1.807) is 0 Å². The van der Waals surface area contributed by atoms with Gasteiger partial charge in [-0.25, -0.2) is 4.98 Å². The van der Waals surface area contributed by atoms with Crippen LogP contribution in [0.5, 0.6) is 0 Å². The van der Waals surface area contributed by atoms with Crippen molar-refractivity contribution < 1.29 is 0 Å². The van der Waals surface area contributed by atoms with Crippen molar-refractivity contribution >= 4 is 55.4 Å². The van der Waals surface area contributed by atoms with Crippen LogP contribution >= 0.6 is 0 Å². The summed E-state index contributed by atoms with van der Waals surface area (Å²) in [6.45, 7) is 0. The van der Waals surface area contributed by atoms with Crippen molar-refractivity contribution in [2.75, 3.05) is 0 Å². The van der Waals surface area contributed by atoms with Crippen LogP contribution in [0.25, 0.3) is 66.8 Å². The summed E-state index contributed by atoms with van der Waals surface area (Å²) in [6, 6.07) is 52.4. The maximum Gasteiger partial charge on any atom is 0.220 e. The fourth-order valence-corrected chi connectivity index (χ4v) is 6.60. The Hall–Kier alpha value is -6.32. The van der Waals surface area contributed by atoms with Gasteiger partial charge in [0.15, 0.2) is 0 Å². The average molecular weight is 565 g/mol. The zero-order chi connectivity index (χ0) is 29.2. The van der Waals surface area contributed by atoms with E-state index < -0.39 is 0 Å². The third kappa shape index (κ3) is 3.38. The lowest BCUT2D eigenvalue weighted by atomic mass is 10.2. The Morgan fingerprint density at radius 3 is 1.66 bits per heavy atom. The Bertz CT molecular complexity index is 2660. The van der Waals surface area contributed by atoms with Gasteiger partial charge in [-0.05, 0) is 84.9 Å². The van der Waals surface area contributed by atoms with Crippen LogP contribution in [0, 0.1) is 11.3 Å². The highest BCUT2D eigenvalue weighted by Gasteiger charge is 2.20. The van der Waals surface area contributed by atoms with E-state index in [0.717, 1.165) is 66.8 Å². The molecule has 6 nitrogen and oxygen atoms in total. The third-order valence-corrected chi connectivity index (χ3v) is 8.44. The van der Waals surface area contributed by atoms with E-state index in [9.17, 15) is 5.26 Å². The second kappa shape index (κ2) is 9.35. The first kappa shape index (κ1) is 24.3. The molecule has 0 N–H and O–H groups in total. The second-order valence-electron chi connectivity index (χ2n) is 10.9. The van der Waals surface area contributed by atoms with Crippen LogP contribution in [-0.2, 0) is 0 Å². The normalized spacial score (nSPS) is 11.6. The van der Waals surface area contributed by atoms with Crippen LogP contribution in [0.2, 0.25) is 0 Å². The molecule has 44 heavy (non-hydrogen) atoms. The molecule has 9 rings (SSSR count). The summed E-state index contributed by atoms with van der Waals surface area (Å²) in [5.74, 6) is 0.847. The number of hydrogen-bond donors (Lipinski definition) is 0. The molecule has 0 fully saturated rings. The third-order valence-electron chi connectivity index (χ3n) is 8.44. The van der Waals surface area contributed by atoms with Crippen LogP contribution in [0.3, 0.4) is 0 Å². The van der Waals surface area contributed by atoms with Crippen LogP contribution in [0.1, 0.15) is 5.56 Å². The summed E-state index contributed by atoms with van der Waals surface area (Å²) >= 11 is 0. The molecule has 0 amide bonds.